The van der Waals surface area contributed by atoms with Crippen LogP contribution in [0.5, 0.6) is 0 Å². The van der Waals surface area contributed by atoms with Gasteiger partial charge in [-0.25, -0.2) is 0 Å². The lowest BCUT2D eigenvalue weighted by atomic mass is 9.95. The summed E-state index contributed by atoms with van der Waals surface area (Å²) in [6.07, 6.45) is 1.18. The summed E-state index contributed by atoms with van der Waals surface area (Å²) in [7, 11) is 1.38. The maximum atomic E-state index is 11.6. The van der Waals surface area contributed by atoms with E-state index in [1.807, 2.05) is 13.8 Å². The van der Waals surface area contributed by atoms with Gasteiger partial charge in [0.2, 0.25) is 0 Å². The zero-order chi connectivity index (χ0) is 12.1. The van der Waals surface area contributed by atoms with E-state index in [-0.39, 0.29) is 30.0 Å². The molecule has 2 atom stereocenters. The third-order valence-electron chi connectivity index (χ3n) is 2.59. The van der Waals surface area contributed by atoms with Crippen LogP contribution in [0.1, 0.15) is 26.7 Å². The van der Waals surface area contributed by atoms with Crippen molar-refractivity contribution in [2.75, 3.05) is 13.7 Å². The third kappa shape index (κ3) is 3.48. The Kier molecular flexibility index (Phi) is 4.73. The molecule has 0 radical (unpaired) electrons. The van der Waals surface area contributed by atoms with E-state index in [9.17, 15) is 9.59 Å². The molecule has 1 saturated heterocycles. The molecule has 0 aromatic carbocycles. The van der Waals surface area contributed by atoms with Crippen molar-refractivity contribution >= 4 is 11.9 Å². The van der Waals surface area contributed by atoms with E-state index >= 15 is 0 Å². The monoisotopic (exact) mass is 229 g/mol. The van der Waals surface area contributed by atoms with Crippen molar-refractivity contribution in [1.29, 1.82) is 0 Å². The Morgan fingerprint density at radius 1 is 1.25 bits per heavy atom. The highest BCUT2D eigenvalue weighted by Crippen LogP contribution is 2.16. The summed E-state index contributed by atoms with van der Waals surface area (Å²) in [4.78, 5) is 22.8. The molecule has 1 N–H and O–H groups in total. The molecule has 0 spiro atoms. The van der Waals surface area contributed by atoms with Gasteiger partial charge in [0.15, 0.2) is 0 Å². The average molecular weight is 229 g/mol. The van der Waals surface area contributed by atoms with E-state index < -0.39 is 0 Å². The van der Waals surface area contributed by atoms with Crippen molar-refractivity contribution in [3.8, 4) is 0 Å². The Bertz CT molecular complexity index is 257. The molecule has 92 valence electrons. The Morgan fingerprint density at radius 2 is 1.94 bits per heavy atom. The molecule has 5 nitrogen and oxygen atoms in total. The SMILES string of the molecule is COC(=O)[C@H]1CCC(C(=O)OC(C)C)NC1. The van der Waals surface area contributed by atoms with Crippen LogP contribution in [0.15, 0.2) is 0 Å². The standard InChI is InChI=1S/C11H19NO4/c1-7(2)16-11(14)9-5-4-8(6-12-9)10(13)15-3/h7-9,12H,4-6H2,1-3H3/t8-,9?/m0/s1. The van der Waals surface area contributed by atoms with Gasteiger partial charge in [-0.05, 0) is 26.7 Å². The van der Waals surface area contributed by atoms with Crippen molar-refractivity contribution in [2.24, 2.45) is 5.92 Å². The molecule has 1 aliphatic heterocycles. The van der Waals surface area contributed by atoms with Gasteiger partial charge >= 0.3 is 11.9 Å². The topological polar surface area (TPSA) is 64.6 Å². The first-order valence-electron chi connectivity index (χ1n) is 5.56. The van der Waals surface area contributed by atoms with Gasteiger partial charge < -0.3 is 14.8 Å². The number of hydrogen-bond donors (Lipinski definition) is 1. The van der Waals surface area contributed by atoms with Crippen LogP contribution in [0.2, 0.25) is 0 Å². The summed E-state index contributed by atoms with van der Waals surface area (Å²) in [6, 6.07) is -0.289. The minimum Gasteiger partial charge on any atom is -0.469 e. The molecule has 0 aromatic heterocycles. The van der Waals surface area contributed by atoms with E-state index in [1.54, 1.807) is 0 Å². The second-order valence-corrected chi connectivity index (χ2v) is 4.24. The molecule has 1 unspecified atom stereocenters. The van der Waals surface area contributed by atoms with Gasteiger partial charge in [0.05, 0.1) is 19.1 Å². The number of piperidine rings is 1. The maximum Gasteiger partial charge on any atom is 0.323 e. The lowest BCUT2D eigenvalue weighted by Crippen LogP contribution is -2.47. The molecule has 0 aliphatic carbocycles. The normalized spacial score (nSPS) is 25.2. The first kappa shape index (κ1) is 13.0. The van der Waals surface area contributed by atoms with Crippen LogP contribution in [-0.4, -0.2) is 37.7 Å². The summed E-state index contributed by atoms with van der Waals surface area (Å²) >= 11 is 0. The largest absolute Gasteiger partial charge is 0.469 e. The molecular formula is C11H19NO4. The van der Waals surface area contributed by atoms with E-state index in [0.717, 1.165) is 0 Å². The third-order valence-corrected chi connectivity index (χ3v) is 2.59. The highest BCUT2D eigenvalue weighted by atomic mass is 16.5. The lowest BCUT2D eigenvalue weighted by Gasteiger charge is -2.27. The fourth-order valence-corrected chi connectivity index (χ4v) is 1.74. The highest BCUT2D eigenvalue weighted by molar-refractivity contribution is 5.77. The zero-order valence-electron chi connectivity index (χ0n) is 9.99. The summed E-state index contributed by atoms with van der Waals surface area (Å²) in [5.74, 6) is -0.602. The van der Waals surface area contributed by atoms with Crippen molar-refractivity contribution in [3.05, 3.63) is 0 Å². The second-order valence-electron chi connectivity index (χ2n) is 4.24. The van der Waals surface area contributed by atoms with Gasteiger partial charge in [0.25, 0.3) is 0 Å². The van der Waals surface area contributed by atoms with Crippen molar-refractivity contribution in [1.82, 2.24) is 5.32 Å². The van der Waals surface area contributed by atoms with E-state index in [1.165, 1.54) is 7.11 Å². The minimum atomic E-state index is -0.289. The van der Waals surface area contributed by atoms with Crippen LogP contribution in [0.4, 0.5) is 0 Å². The zero-order valence-corrected chi connectivity index (χ0v) is 9.99. The van der Waals surface area contributed by atoms with Crippen LogP contribution in [-0.2, 0) is 19.1 Å². The molecule has 0 bridgehead atoms. The van der Waals surface area contributed by atoms with Gasteiger partial charge in [0, 0.05) is 6.54 Å². The smallest absolute Gasteiger partial charge is 0.323 e. The first-order valence-corrected chi connectivity index (χ1v) is 5.56. The van der Waals surface area contributed by atoms with Gasteiger partial charge in [0.1, 0.15) is 6.04 Å². The Balaban J connectivity index is 2.37. The number of esters is 2. The van der Waals surface area contributed by atoms with Crippen molar-refractivity contribution in [2.45, 2.75) is 38.8 Å². The number of carbonyl (C=O) groups is 2. The van der Waals surface area contributed by atoms with E-state index in [2.05, 4.69) is 10.1 Å². The lowest BCUT2D eigenvalue weighted by molar-refractivity contribution is -0.153. The van der Waals surface area contributed by atoms with Gasteiger partial charge in [-0.1, -0.05) is 0 Å². The van der Waals surface area contributed by atoms with Crippen LogP contribution in [0.3, 0.4) is 0 Å². The fraction of sp³-hybridized carbons (Fsp3) is 0.818. The summed E-state index contributed by atoms with van der Waals surface area (Å²) in [5, 5.41) is 3.01. The van der Waals surface area contributed by atoms with Crippen LogP contribution in [0, 0.1) is 5.92 Å². The number of carbonyl (C=O) groups excluding carboxylic acids is 2. The Hall–Kier alpha value is -1.10. The number of methoxy groups -OCH3 is 1. The Labute approximate surface area is 95.5 Å². The number of ether oxygens (including phenoxy) is 2. The number of rotatable bonds is 3. The maximum absolute atomic E-state index is 11.6. The van der Waals surface area contributed by atoms with Crippen LogP contribution in [0.25, 0.3) is 0 Å². The summed E-state index contributed by atoms with van der Waals surface area (Å²) in [6.45, 7) is 4.11. The molecular weight excluding hydrogens is 210 g/mol. The number of hydrogen-bond acceptors (Lipinski definition) is 5. The predicted molar refractivity (Wildman–Crippen MR) is 57.8 cm³/mol. The molecule has 0 aromatic rings. The summed E-state index contributed by atoms with van der Waals surface area (Å²) in [5.41, 5.74) is 0. The van der Waals surface area contributed by atoms with Gasteiger partial charge in [-0.2, -0.15) is 0 Å². The predicted octanol–water partition coefficient (Wildman–Crippen LogP) is 0.479. The Morgan fingerprint density at radius 3 is 2.38 bits per heavy atom. The van der Waals surface area contributed by atoms with Crippen LogP contribution < -0.4 is 5.32 Å². The minimum absolute atomic E-state index is 0.104. The summed E-state index contributed by atoms with van der Waals surface area (Å²) < 4.78 is 9.75. The molecule has 1 heterocycles. The molecule has 5 heteroatoms. The molecule has 1 aliphatic rings. The van der Waals surface area contributed by atoms with Gasteiger partial charge in [-0.3, -0.25) is 9.59 Å². The molecule has 1 rings (SSSR count). The highest BCUT2D eigenvalue weighted by Gasteiger charge is 2.30. The quantitative estimate of drug-likeness (QED) is 0.713. The first-order chi connectivity index (χ1) is 7.54. The van der Waals surface area contributed by atoms with E-state index in [0.29, 0.717) is 19.4 Å². The van der Waals surface area contributed by atoms with Crippen molar-refractivity contribution < 1.29 is 19.1 Å². The second kappa shape index (κ2) is 5.84. The molecule has 1 fully saturated rings. The van der Waals surface area contributed by atoms with Crippen LogP contribution >= 0.6 is 0 Å². The molecule has 16 heavy (non-hydrogen) atoms. The molecule has 0 amide bonds. The fourth-order valence-electron chi connectivity index (χ4n) is 1.74. The van der Waals surface area contributed by atoms with Crippen molar-refractivity contribution in [3.63, 3.8) is 0 Å². The van der Waals surface area contributed by atoms with Gasteiger partial charge in [-0.15, -0.1) is 0 Å². The van der Waals surface area contributed by atoms with E-state index in [4.69, 9.17) is 4.74 Å². The molecule has 0 saturated carbocycles. The average Bonchev–Trinajstić information content (AvgIpc) is 2.27. The number of nitrogens with one attached hydrogen (secondary N) is 1.